The second kappa shape index (κ2) is 12.2. The summed E-state index contributed by atoms with van der Waals surface area (Å²) >= 11 is 0. The van der Waals surface area contributed by atoms with Crippen molar-refractivity contribution in [2.24, 2.45) is 4.99 Å². The van der Waals surface area contributed by atoms with Gasteiger partial charge < -0.3 is 10.6 Å². The van der Waals surface area contributed by atoms with E-state index in [4.69, 9.17) is 4.99 Å². The Morgan fingerprint density at radius 1 is 1.07 bits per heavy atom. The van der Waals surface area contributed by atoms with Crippen molar-refractivity contribution in [3.05, 3.63) is 77.7 Å². The zero-order valence-corrected chi connectivity index (χ0v) is 19.3. The van der Waals surface area contributed by atoms with E-state index in [1.54, 1.807) is 17.1 Å². The van der Waals surface area contributed by atoms with Crippen LogP contribution in [0.3, 0.4) is 0 Å². The van der Waals surface area contributed by atoms with Crippen LogP contribution in [0.2, 0.25) is 0 Å². The van der Waals surface area contributed by atoms with E-state index in [2.05, 4.69) is 58.8 Å². The smallest absolute Gasteiger partial charge is 0.191 e. The number of nitrogens with zero attached hydrogens (tertiary/aromatic N) is 4. The van der Waals surface area contributed by atoms with Crippen LogP contribution >= 0.6 is 24.0 Å². The van der Waals surface area contributed by atoms with Crippen molar-refractivity contribution in [3.8, 4) is 5.82 Å². The molecule has 1 aromatic carbocycles. The fraction of sp³-hybridized carbons (Fsp3) is 0.318. The van der Waals surface area contributed by atoms with Crippen molar-refractivity contribution in [2.75, 3.05) is 6.54 Å². The van der Waals surface area contributed by atoms with Gasteiger partial charge in [0.15, 0.2) is 11.8 Å². The maximum absolute atomic E-state index is 4.76. The van der Waals surface area contributed by atoms with Crippen LogP contribution < -0.4 is 10.6 Å². The molecular formula is C22H29IN6. The Morgan fingerprint density at radius 3 is 2.62 bits per heavy atom. The number of unbranched alkanes of at least 4 members (excludes halogenated alkanes) is 1. The van der Waals surface area contributed by atoms with Crippen LogP contribution in [0.15, 0.2) is 66.0 Å². The number of benzene rings is 1. The van der Waals surface area contributed by atoms with Gasteiger partial charge in [0.2, 0.25) is 0 Å². The molecule has 0 atom stereocenters. The maximum atomic E-state index is 4.76. The van der Waals surface area contributed by atoms with Crippen molar-refractivity contribution < 1.29 is 0 Å². The molecule has 0 saturated carbocycles. The number of aromatic nitrogens is 3. The SMILES string of the molecule is CCCCNC(=NCc1ccnc(-n2cccn2)c1)NCc1ccc(C)cc1.I. The highest BCUT2D eigenvalue weighted by molar-refractivity contribution is 14.0. The summed E-state index contributed by atoms with van der Waals surface area (Å²) in [5.41, 5.74) is 3.59. The molecule has 0 spiro atoms. The summed E-state index contributed by atoms with van der Waals surface area (Å²) in [5.74, 6) is 1.62. The molecule has 2 heterocycles. The van der Waals surface area contributed by atoms with Gasteiger partial charge in [-0.1, -0.05) is 43.2 Å². The zero-order chi connectivity index (χ0) is 19.6. The Hall–Kier alpha value is -2.42. The van der Waals surface area contributed by atoms with Gasteiger partial charge in [-0.05, 0) is 42.7 Å². The lowest BCUT2D eigenvalue weighted by Gasteiger charge is -2.13. The fourth-order valence-corrected chi connectivity index (χ4v) is 2.71. The van der Waals surface area contributed by atoms with Crippen LogP contribution in [-0.2, 0) is 13.1 Å². The van der Waals surface area contributed by atoms with Crippen LogP contribution in [0, 0.1) is 6.92 Å². The van der Waals surface area contributed by atoms with E-state index in [0.29, 0.717) is 6.54 Å². The quantitative estimate of drug-likeness (QED) is 0.209. The summed E-state index contributed by atoms with van der Waals surface area (Å²) in [6, 6.07) is 14.4. The van der Waals surface area contributed by atoms with Gasteiger partial charge in [-0.2, -0.15) is 5.10 Å². The largest absolute Gasteiger partial charge is 0.356 e. The molecule has 0 saturated heterocycles. The average molecular weight is 504 g/mol. The standard InChI is InChI=1S/C22H28N6.HI/c1-3-4-11-24-22(25-16-19-8-6-18(2)7-9-19)26-17-20-10-13-23-21(15-20)28-14-5-12-27-28;/h5-10,12-15H,3-4,11,16-17H2,1-2H3,(H2,24,25,26);1H. The Bertz CT molecular complexity index is 875. The highest BCUT2D eigenvalue weighted by Gasteiger charge is 2.02. The van der Waals surface area contributed by atoms with Crippen molar-refractivity contribution in [1.29, 1.82) is 0 Å². The molecule has 0 aliphatic heterocycles. The minimum absolute atomic E-state index is 0. The number of halogens is 1. The van der Waals surface area contributed by atoms with Gasteiger partial charge in [0.1, 0.15) is 0 Å². The molecule has 0 unspecified atom stereocenters. The molecule has 2 N–H and O–H groups in total. The van der Waals surface area contributed by atoms with Crippen LogP contribution in [-0.4, -0.2) is 27.3 Å². The van der Waals surface area contributed by atoms with Crippen molar-refractivity contribution in [1.82, 2.24) is 25.4 Å². The number of guanidine groups is 1. The third-order valence-electron chi connectivity index (χ3n) is 4.37. The molecule has 154 valence electrons. The van der Waals surface area contributed by atoms with Crippen LogP contribution in [0.25, 0.3) is 5.82 Å². The van der Waals surface area contributed by atoms with Crippen LogP contribution in [0.1, 0.15) is 36.5 Å². The Kier molecular flexibility index (Phi) is 9.63. The summed E-state index contributed by atoms with van der Waals surface area (Å²) in [4.78, 5) is 9.13. The third kappa shape index (κ3) is 7.49. The third-order valence-corrected chi connectivity index (χ3v) is 4.37. The number of hydrogen-bond donors (Lipinski definition) is 2. The summed E-state index contributed by atoms with van der Waals surface area (Å²) in [6.45, 7) is 6.51. The van der Waals surface area contributed by atoms with Crippen LogP contribution in [0.5, 0.6) is 0 Å². The number of pyridine rings is 1. The lowest BCUT2D eigenvalue weighted by atomic mass is 10.1. The van der Waals surface area contributed by atoms with Gasteiger partial charge in [-0.25, -0.2) is 14.7 Å². The zero-order valence-electron chi connectivity index (χ0n) is 17.0. The first-order valence-corrected chi connectivity index (χ1v) is 9.77. The lowest BCUT2D eigenvalue weighted by molar-refractivity contribution is 0.724. The Morgan fingerprint density at radius 2 is 1.90 bits per heavy atom. The molecule has 7 heteroatoms. The molecular weight excluding hydrogens is 475 g/mol. The predicted octanol–water partition coefficient (Wildman–Crippen LogP) is 4.23. The highest BCUT2D eigenvalue weighted by Crippen LogP contribution is 2.07. The minimum atomic E-state index is 0. The van der Waals surface area contributed by atoms with E-state index in [-0.39, 0.29) is 24.0 Å². The number of aliphatic imine (C=N–C) groups is 1. The van der Waals surface area contributed by atoms with Crippen molar-refractivity contribution >= 4 is 29.9 Å². The van der Waals surface area contributed by atoms with E-state index in [0.717, 1.165) is 43.3 Å². The first-order valence-electron chi connectivity index (χ1n) is 9.77. The molecule has 6 nitrogen and oxygen atoms in total. The van der Waals surface area contributed by atoms with Gasteiger partial charge in [0.25, 0.3) is 0 Å². The Labute approximate surface area is 189 Å². The topological polar surface area (TPSA) is 67.1 Å². The molecule has 0 aliphatic rings. The van der Waals surface area contributed by atoms with Gasteiger partial charge in [-0.3, -0.25) is 0 Å². The number of rotatable bonds is 8. The maximum Gasteiger partial charge on any atom is 0.191 e. The molecule has 0 fully saturated rings. The molecule has 0 bridgehead atoms. The van der Waals surface area contributed by atoms with E-state index in [1.165, 1.54) is 11.1 Å². The molecule has 3 rings (SSSR count). The molecule has 0 amide bonds. The second-order valence-corrected chi connectivity index (χ2v) is 6.76. The van der Waals surface area contributed by atoms with Gasteiger partial charge in [0, 0.05) is 31.7 Å². The van der Waals surface area contributed by atoms with Gasteiger partial charge in [-0.15, -0.1) is 24.0 Å². The molecule has 0 radical (unpaired) electrons. The summed E-state index contributed by atoms with van der Waals surface area (Å²) in [5, 5.41) is 11.1. The van der Waals surface area contributed by atoms with E-state index in [9.17, 15) is 0 Å². The van der Waals surface area contributed by atoms with Crippen molar-refractivity contribution in [2.45, 2.75) is 39.8 Å². The minimum Gasteiger partial charge on any atom is -0.356 e. The number of hydrogen-bond acceptors (Lipinski definition) is 3. The molecule has 3 aromatic rings. The molecule has 29 heavy (non-hydrogen) atoms. The monoisotopic (exact) mass is 504 g/mol. The normalized spacial score (nSPS) is 11.0. The second-order valence-electron chi connectivity index (χ2n) is 6.76. The number of aryl methyl sites for hydroxylation is 1. The van der Waals surface area contributed by atoms with E-state index >= 15 is 0 Å². The first-order chi connectivity index (χ1) is 13.7. The molecule has 2 aromatic heterocycles. The summed E-state index contributed by atoms with van der Waals surface area (Å²) in [7, 11) is 0. The first kappa shape index (κ1) is 22.9. The highest BCUT2D eigenvalue weighted by atomic mass is 127. The van der Waals surface area contributed by atoms with Gasteiger partial charge in [0.05, 0.1) is 6.54 Å². The lowest BCUT2D eigenvalue weighted by Crippen LogP contribution is -2.37. The summed E-state index contributed by atoms with van der Waals surface area (Å²) in [6.07, 6.45) is 7.69. The van der Waals surface area contributed by atoms with E-state index in [1.807, 2.05) is 24.4 Å². The molecule has 0 aliphatic carbocycles. The fourth-order valence-electron chi connectivity index (χ4n) is 2.71. The summed E-state index contributed by atoms with van der Waals surface area (Å²) < 4.78 is 1.75. The van der Waals surface area contributed by atoms with Crippen LogP contribution in [0.4, 0.5) is 0 Å². The van der Waals surface area contributed by atoms with E-state index < -0.39 is 0 Å². The predicted molar refractivity (Wildman–Crippen MR) is 129 cm³/mol. The van der Waals surface area contributed by atoms with Crippen molar-refractivity contribution in [3.63, 3.8) is 0 Å². The average Bonchev–Trinajstić information content (AvgIpc) is 3.26. The van der Waals surface area contributed by atoms with Gasteiger partial charge >= 0.3 is 0 Å². The Balaban J connectivity index is 0.00000300. The number of nitrogens with one attached hydrogen (secondary N) is 2.